The lowest BCUT2D eigenvalue weighted by Crippen LogP contribution is -1.97. The van der Waals surface area contributed by atoms with E-state index < -0.39 is 0 Å². The summed E-state index contributed by atoms with van der Waals surface area (Å²) in [5, 5.41) is 3.24. The highest BCUT2D eigenvalue weighted by molar-refractivity contribution is 7.13. The molecule has 3 nitrogen and oxygen atoms in total. The van der Waals surface area contributed by atoms with Crippen LogP contribution in [0.5, 0.6) is 0 Å². The Morgan fingerprint density at radius 3 is 2.83 bits per heavy atom. The maximum atomic E-state index is 5.60. The first-order chi connectivity index (χ1) is 8.86. The molecule has 0 aliphatic carbocycles. The van der Waals surface area contributed by atoms with Crippen LogP contribution in [-0.4, -0.2) is 18.2 Å². The Hall–Kier alpha value is -1.23. The van der Waals surface area contributed by atoms with E-state index in [1.807, 2.05) is 0 Å². The van der Waals surface area contributed by atoms with Crippen LogP contribution in [0.15, 0.2) is 29.6 Å². The van der Waals surface area contributed by atoms with Crippen molar-refractivity contribution < 1.29 is 4.74 Å². The Morgan fingerprint density at radius 2 is 2.17 bits per heavy atom. The van der Waals surface area contributed by atoms with E-state index in [4.69, 9.17) is 15.5 Å². The van der Waals surface area contributed by atoms with Crippen molar-refractivity contribution in [3.8, 4) is 10.6 Å². The maximum Gasteiger partial charge on any atom is 0.123 e. The van der Waals surface area contributed by atoms with E-state index in [1.54, 1.807) is 11.3 Å². The van der Waals surface area contributed by atoms with E-state index >= 15 is 0 Å². The third-order valence-electron chi connectivity index (χ3n) is 3.31. The van der Waals surface area contributed by atoms with E-state index in [0.717, 1.165) is 30.2 Å². The van der Waals surface area contributed by atoms with E-state index in [2.05, 4.69) is 29.6 Å². The lowest BCUT2D eigenvalue weighted by Gasteiger charge is -2.02. The molecule has 0 bridgehead atoms. The van der Waals surface area contributed by atoms with E-state index in [1.165, 1.54) is 11.3 Å². The van der Waals surface area contributed by atoms with E-state index in [0.29, 0.717) is 12.5 Å². The van der Waals surface area contributed by atoms with Crippen molar-refractivity contribution in [2.45, 2.75) is 18.9 Å². The number of hydrogen-bond acceptors (Lipinski definition) is 4. The first-order valence-electron chi connectivity index (χ1n) is 6.19. The van der Waals surface area contributed by atoms with Gasteiger partial charge in [0, 0.05) is 30.0 Å². The lowest BCUT2D eigenvalue weighted by atomic mass is 10.1. The Bertz CT molecular complexity index is 515. The van der Waals surface area contributed by atoms with Crippen LogP contribution in [0, 0.1) is 0 Å². The molecule has 1 fully saturated rings. The summed E-state index contributed by atoms with van der Waals surface area (Å²) in [5.74, 6) is 0.485. The smallest absolute Gasteiger partial charge is 0.123 e. The third kappa shape index (κ3) is 2.32. The Labute approximate surface area is 111 Å². The average molecular weight is 260 g/mol. The normalized spacial score (nSPS) is 19.3. The molecule has 1 aliphatic rings. The number of nitrogens with zero attached hydrogens (tertiary/aromatic N) is 1. The van der Waals surface area contributed by atoms with Crippen LogP contribution in [0.4, 0.5) is 0 Å². The molecule has 1 atom stereocenters. The van der Waals surface area contributed by atoms with Gasteiger partial charge in [0.25, 0.3) is 0 Å². The van der Waals surface area contributed by atoms with Gasteiger partial charge in [0.2, 0.25) is 0 Å². The number of hydrogen-bond donors (Lipinski definition) is 1. The molecule has 94 valence electrons. The van der Waals surface area contributed by atoms with Crippen molar-refractivity contribution in [3.63, 3.8) is 0 Å². The first kappa shape index (κ1) is 11.8. The molecular formula is C14H16N2OS. The van der Waals surface area contributed by atoms with Crippen LogP contribution in [0.3, 0.4) is 0 Å². The van der Waals surface area contributed by atoms with Crippen molar-refractivity contribution in [2.24, 2.45) is 5.73 Å². The van der Waals surface area contributed by atoms with Gasteiger partial charge in [0.1, 0.15) is 5.01 Å². The minimum Gasteiger partial charge on any atom is -0.381 e. The molecule has 2 aromatic rings. The number of rotatable bonds is 3. The topological polar surface area (TPSA) is 48.1 Å². The van der Waals surface area contributed by atoms with Crippen molar-refractivity contribution >= 4 is 11.3 Å². The zero-order valence-electron chi connectivity index (χ0n) is 10.1. The molecule has 0 amide bonds. The van der Waals surface area contributed by atoms with Crippen molar-refractivity contribution in [1.82, 2.24) is 4.98 Å². The van der Waals surface area contributed by atoms with Gasteiger partial charge in [0.05, 0.1) is 12.3 Å². The molecule has 1 aromatic heterocycles. The van der Waals surface area contributed by atoms with Crippen molar-refractivity contribution in [2.75, 3.05) is 13.2 Å². The predicted octanol–water partition coefficient (Wildman–Crippen LogP) is 2.77. The van der Waals surface area contributed by atoms with Gasteiger partial charge in [0.15, 0.2) is 0 Å². The summed E-state index contributed by atoms with van der Waals surface area (Å²) in [7, 11) is 0. The molecule has 0 spiro atoms. The summed E-state index contributed by atoms with van der Waals surface area (Å²) in [6.07, 6.45) is 1.09. The Morgan fingerprint density at radius 1 is 1.33 bits per heavy atom. The number of benzene rings is 1. The second kappa shape index (κ2) is 5.18. The summed E-state index contributed by atoms with van der Waals surface area (Å²) in [6.45, 7) is 2.26. The molecule has 0 radical (unpaired) electrons. The zero-order chi connectivity index (χ0) is 12.4. The van der Waals surface area contributed by atoms with Gasteiger partial charge in [-0.15, -0.1) is 11.3 Å². The van der Waals surface area contributed by atoms with Gasteiger partial charge < -0.3 is 10.5 Å². The fourth-order valence-corrected chi connectivity index (χ4v) is 3.07. The highest BCUT2D eigenvalue weighted by atomic mass is 32.1. The van der Waals surface area contributed by atoms with Crippen LogP contribution in [-0.2, 0) is 11.3 Å². The quantitative estimate of drug-likeness (QED) is 0.923. The van der Waals surface area contributed by atoms with Gasteiger partial charge in [-0.1, -0.05) is 24.3 Å². The fraction of sp³-hybridized carbons (Fsp3) is 0.357. The molecule has 2 N–H and O–H groups in total. The summed E-state index contributed by atoms with van der Waals surface area (Å²) in [5.41, 5.74) is 9.10. The summed E-state index contributed by atoms with van der Waals surface area (Å²) in [4.78, 5) is 4.73. The summed E-state index contributed by atoms with van der Waals surface area (Å²) >= 11 is 1.71. The number of aromatic nitrogens is 1. The van der Waals surface area contributed by atoms with Crippen LogP contribution in [0.25, 0.3) is 10.6 Å². The highest BCUT2D eigenvalue weighted by Gasteiger charge is 2.20. The van der Waals surface area contributed by atoms with Crippen molar-refractivity contribution in [1.29, 1.82) is 0 Å². The highest BCUT2D eigenvalue weighted by Crippen LogP contribution is 2.30. The van der Waals surface area contributed by atoms with Crippen LogP contribution in [0.1, 0.15) is 23.6 Å². The first-order valence-corrected chi connectivity index (χ1v) is 7.07. The molecule has 1 aliphatic heterocycles. The van der Waals surface area contributed by atoms with Gasteiger partial charge in [-0.05, 0) is 12.0 Å². The van der Waals surface area contributed by atoms with Crippen LogP contribution >= 0.6 is 11.3 Å². The number of ether oxygens (including phenoxy) is 1. The predicted molar refractivity (Wildman–Crippen MR) is 73.6 cm³/mol. The third-order valence-corrected chi connectivity index (χ3v) is 4.22. The fourth-order valence-electron chi connectivity index (χ4n) is 2.16. The Balaban J connectivity index is 1.82. The summed E-state index contributed by atoms with van der Waals surface area (Å²) in [6, 6.07) is 8.32. The second-order valence-corrected chi connectivity index (χ2v) is 5.40. The minimum absolute atomic E-state index is 0.485. The lowest BCUT2D eigenvalue weighted by molar-refractivity contribution is 0.193. The van der Waals surface area contributed by atoms with E-state index in [9.17, 15) is 0 Å². The van der Waals surface area contributed by atoms with Gasteiger partial charge in [-0.2, -0.15) is 0 Å². The monoisotopic (exact) mass is 260 g/mol. The number of nitrogens with two attached hydrogens (primary N) is 1. The standard InChI is InChI=1S/C14H16N2OS/c15-7-10-1-3-11(4-2-10)14-16-13(9-18-14)12-5-6-17-8-12/h1-4,9,12H,5-8,15H2. The molecule has 3 rings (SSSR count). The molecule has 1 aromatic carbocycles. The molecule has 1 saturated heterocycles. The molecule has 0 saturated carbocycles. The average Bonchev–Trinajstić information content (AvgIpc) is 3.09. The summed E-state index contributed by atoms with van der Waals surface area (Å²) < 4.78 is 5.41. The molecule has 1 unspecified atom stereocenters. The van der Waals surface area contributed by atoms with Gasteiger partial charge >= 0.3 is 0 Å². The SMILES string of the molecule is NCc1ccc(-c2nc(C3CCOC3)cs2)cc1. The van der Waals surface area contributed by atoms with Gasteiger partial charge in [-0.3, -0.25) is 0 Å². The molecular weight excluding hydrogens is 244 g/mol. The van der Waals surface area contributed by atoms with Crippen molar-refractivity contribution in [3.05, 3.63) is 40.9 Å². The van der Waals surface area contributed by atoms with Gasteiger partial charge in [-0.25, -0.2) is 4.98 Å². The molecule has 4 heteroatoms. The minimum atomic E-state index is 0.485. The maximum absolute atomic E-state index is 5.60. The number of thiazole rings is 1. The molecule has 18 heavy (non-hydrogen) atoms. The Kier molecular flexibility index (Phi) is 3.41. The van der Waals surface area contributed by atoms with E-state index in [-0.39, 0.29) is 0 Å². The molecule has 2 heterocycles. The largest absolute Gasteiger partial charge is 0.381 e. The van der Waals surface area contributed by atoms with Crippen LogP contribution < -0.4 is 5.73 Å². The van der Waals surface area contributed by atoms with Crippen LogP contribution in [0.2, 0.25) is 0 Å². The second-order valence-electron chi connectivity index (χ2n) is 4.54. The zero-order valence-corrected chi connectivity index (χ0v) is 11.0.